The Morgan fingerprint density at radius 3 is 2.39 bits per heavy atom. The van der Waals surface area contributed by atoms with Crippen LogP contribution in [-0.2, 0) is 18.3 Å². The van der Waals surface area contributed by atoms with Gasteiger partial charge in [0.1, 0.15) is 24.4 Å². The topological polar surface area (TPSA) is 189 Å². The fraction of sp³-hybridized carbons (Fsp3) is 0.550. The summed E-state index contributed by atoms with van der Waals surface area (Å²) in [4.78, 5) is 17.7. The normalized spacial score (nSPS) is 15.5. The van der Waals surface area contributed by atoms with Gasteiger partial charge in [0.25, 0.3) is 5.56 Å². The van der Waals surface area contributed by atoms with Gasteiger partial charge >= 0.3 is 0 Å². The van der Waals surface area contributed by atoms with Crippen LogP contribution in [-0.4, -0.2) is 99.5 Å². The van der Waals surface area contributed by atoms with Gasteiger partial charge in [-0.15, -0.1) is 5.10 Å². The van der Waals surface area contributed by atoms with Crippen molar-refractivity contribution in [1.82, 2.24) is 29.8 Å². The molecule has 0 radical (unpaired) electrons. The Morgan fingerprint density at radius 2 is 1.76 bits per heavy atom. The second kappa shape index (κ2) is 10.4. The van der Waals surface area contributed by atoms with Crippen LogP contribution in [0.1, 0.15) is 11.1 Å². The van der Waals surface area contributed by atoms with E-state index < -0.39 is 43.2 Å². The first-order valence-corrected chi connectivity index (χ1v) is 10.3. The lowest BCUT2D eigenvalue weighted by molar-refractivity contribution is -0.100. The van der Waals surface area contributed by atoms with Crippen molar-refractivity contribution in [2.24, 2.45) is 7.05 Å². The van der Waals surface area contributed by atoms with Crippen molar-refractivity contribution in [3.63, 3.8) is 0 Å². The van der Waals surface area contributed by atoms with Gasteiger partial charge in [0.15, 0.2) is 5.69 Å². The van der Waals surface area contributed by atoms with E-state index in [-0.39, 0.29) is 24.7 Å². The molecule has 13 nitrogen and oxygen atoms in total. The average Bonchev–Trinajstić information content (AvgIpc) is 3.21. The molecule has 0 aliphatic carbocycles. The second-order valence-corrected chi connectivity index (χ2v) is 7.93. The van der Waals surface area contributed by atoms with Gasteiger partial charge < -0.3 is 34.8 Å². The first-order valence-electron chi connectivity index (χ1n) is 10.3. The quantitative estimate of drug-likeness (QED) is 0.216. The molecule has 0 spiro atoms. The van der Waals surface area contributed by atoms with Crippen LogP contribution in [0.25, 0.3) is 22.6 Å². The van der Waals surface area contributed by atoms with Crippen LogP contribution in [0.3, 0.4) is 0 Å². The molecule has 13 heteroatoms. The molecule has 0 aliphatic rings. The zero-order valence-corrected chi connectivity index (χ0v) is 18.5. The largest absolute Gasteiger partial charge is 0.394 e. The minimum absolute atomic E-state index is 0.0261. The third-order valence-corrected chi connectivity index (χ3v) is 5.36. The first-order chi connectivity index (χ1) is 15.6. The Labute approximate surface area is 188 Å². The number of tetrazole rings is 1. The molecule has 0 fully saturated rings. The maximum Gasteiger partial charge on any atom is 0.281 e. The molecule has 3 rings (SSSR count). The molecule has 5 N–H and O–H groups in total. The van der Waals surface area contributed by atoms with E-state index >= 15 is 0 Å². The van der Waals surface area contributed by atoms with Crippen LogP contribution in [0.2, 0.25) is 0 Å². The zero-order chi connectivity index (χ0) is 24.3. The van der Waals surface area contributed by atoms with Crippen LogP contribution >= 0.6 is 0 Å². The van der Waals surface area contributed by atoms with E-state index in [1.807, 2.05) is 13.8 Å². The van der Waals surface area contributed by atoms with Crippen molar-refractivity contribution >= 4 is 11.0 Å². The van der Waals surface area contributed by atoms with E-state index in [1.165, 1.54) is 9.25 Å². The molecular formula is C20H28N6O7. The first kappa shape index (κ1) is 24.8. The molecule has 1 aromatic carbocycles. The molecule has 0 saturated carbocycles. The Balaban J connectivity index is 1.94. The van der Waals surface area contributed by atoms with E-state index in [0.717, 1.165) is 11.1 Å². The SMILES string of the molecule is Cc1cc2nc(-c3nnnn3C)c(=O)n(C[C@H](O)[C@H](O)[C@H](O)COCC(O)CO)c2cc1C. The number of benzene rings is 1. The third-order valence-electron chi connectivity index (χ3n) is 5.36. The van der Waals surface area contributed by atoms with Crippen molar-refractivity contribution in [2.75, 3.05) is 19.8 Å². The van der Waals surface area contributed by atoms with Gasteiger partial charge in [-0.05, 0) is 47.5 Å². The highest BCUT2D eigenvalue weighted by molar-refractivity contribution is 5.79. The molecule has 3 aromatic rings. The Hall–Kier alpha value is -2.81. The molecule has 0 aliphatic heterocycles. The van der Waals surface area contributed by atoms with E-state index in [2.05, 4.69) is 20.5 Å². The van der Waals surface area contributed by atoms with Gasteiger partial charge in [-0.25, -0.2) is 9.67 Å². The van der Waals surface area contributed by atoms with Crippen molar-refractivity contribution in [1.29, 1.82) is 0 Å². The van der Waals surface area contributed by atoms with Crippen molar-refractivity contribution in [3.05, 3.63) is 33.6 Å². The summed E-state index contributed by atoms with van der Waals surface area (Å²) < 4.78 is 7.60. The summed E-state index contributed by atoms with van der Waals surface area (Å²) in [5, 5.41) is 60.3. The summed E-state index contributed by atoms with van der Waals surface area (Å²) >= 11 is 0. The molecule has 1 unspecified atom stereocenters. The number of hydrogen-bond acceptors (Lipinski definition) is 11. The maximum absolute atomic E-state index is 13.3. The van der Waals surface area contributed by atoms with Crippen molar-refractivity contribution < 1.29 is 30.3 Å². The Bertz CT molecular complexity index is 1160. The molecule has 0 bridgehead atoms. The van der Waals surface area contributed by atoms with Crippen LogP contribution in [0.15, 0.2) is 16.9 Å². The number of nitrogens with zero attached hydrogens (tertiary/aromatic N) is 6. The second-order valence-electron chi connectivity index (χ2n) is 7.93. The van der Waals surface area contributed by atoms with Crippen LogP contribution in [0.5, 0.6) is 0 Å². The van der Waals surface area contributed by atoms with Crippen molar-refractivity contribution in [2.45, 2.75) is 44.8 Å². The zero-order valence-electron chi connectivity index (χ0n) is 18.5. The molecule has 0 amide bonds. The summed E-state index contributed by atoms with van der Waals surface area (Å²) in [6, 6.07) is 3.55. The molecule has 2 heterocycles. The van der Waals surface area contributed by atoms with E-state index in [9.17, 15) is 25.2 Å². The number of aryl methyl sites for hydroxylation is 3. The van der Waals surface area contributed by atoms with Gasteiger partial charge in [-0.3, -0.25) is 4.79 Å². The highest BCUT2D eigenvalue weighted by atomic mass is 16.5. The monoisotopic (exact) mass is 464 g/mol. The number of fused-ring (bicyclic) bond motifs is 1. The smallest absolute Gasteiger partial charge is 0.281 e. The lowest BCUT2D eigenvalue weighted by atomic mass is 10.1. The van der Waals surface area contributed by atoms with E-state index in [0.29, 0.717) is 11.0 Å². The lowest BCUT2D eigenvalue weighted by Gasteiger charge is -2.24. The molecule has 0 saturated heterocycles. The van der Waals surface area contributed by atoms with E-state index in [1.54, 1.807) is 19.2 Å². The standard InChI is InChI=1S/C20H28N6O7/c1-10-4-13-14(5-11(10)2)26(20(32)17(21-13)19-22-23-24-25(19)3)6-15(29)18(31)16(30)9-33-8-12(28)7-27/h4-5,12,15-16,18,27-31H,6-9H2,1-3H3/t12?,15-,16+,18-/m0/s1. The third kappa shape index (κ3) is 5.40. The van der Waals surface area contributed by atoms with Gasteiger partial charge in [0.2, 0.25) is 5.82 Å². The van der Waals surface area contributed by atoms with Crippen molar-refractivity contribution in [3.8, 4) is 11.5 Å². The maximum atomic E-state index is 13.3. The van der Waals surface area contributed by atoms with Crippen LogP contribution < -0.4 is 5.56 Å². The van der Waals surface area contributed by atoms with Crippen LogP contribution in [0.4, 0.5) is 0 Å². The summed E-state index contributed by atoms with van der Waals surface area (Å²) in [5.41, 5.74) is 2.15. The van der Waals surface area contributed by atoms with Gasteiger partial charge in [0.05, 0.1) is 37.4 Å². The predicted molar refractivity (Wildman–Crippen MR) is 115 cm³/mol. The Morgan fingerprint density at radius 1 is 1.06 bits per heavy atom. The molecule has 4 atom stereocenters. The fourth-order valence-electron chi connectivity index (χ4n) is 3.28. The molecule has 180 valence electrons. The van der Waals surface area contributed by atoms with Gasteiger partial charge in [-0.2, -0.15) is 0 Å². The van der Waals surface area contributed by atoms with Gasteiger partial charge in [-0.1, -0.05) is 0 Å². The minimum Gasteiger partial charge on any atom is -0.394 e. The molecule has 2 aromatic heterocycles. The number of aliphatic hydroxyl groups excluding tert-OH is 5. The molecular weight excluding hydrogens is 436 g/mol. The Kier molecular flexibility index (Phi) is 7.84. The van der Waals surface area contributed by atoms with Crippen LogP contribution in [0, 0.1) is 13.8 Å². The minimum atomic E-state index is -1.65. The number of hydrogen-bond donors (Lipinski definition) is 5. The van der Waals surface area contributed by atoms with Gasteiger partial charge in [0, 0.05) is 7.05 Å². The average molecular weight is 464 g/mol. The number of aliphatic hydroxyl groups is 5. The highest BCUT2D eigenvalue weighted by Crippen LogP contribution is 2.20. The number of aromatic nitrogens is 6. The molecule has 33 heavy (non-hydrogen) atoms. The highest BCUT2D eigenvalue weighted by Gasteiger charge is 2.27. The number of ether oxygens (including phenoxy) is 1. The summed E-state index contributed by atoms with van der Waals surface area (Å²) in [5.74, 6) is 0.139. The fourth-order valence-corrected chi connectivity index (χ4v) is 3.28. The summed E-state index contributed by atoms with van der Waals surface area (Å²) in [6.07, 6.45) is -5.82. The predicted octanol–water partition coefficient (Wildman–Crippen LogP) is -2.34. The number of rotatable bonds is 10. The summed E-state index contributed by atoms with van der Waals surface area (Å²) in [6.45, 7) is 2.26. The summed E-state index contributed by atoms with van der Waals surface area (Å²) in [7, 11) is 1.56. The lowest BCUT2D eigenvalue weighted by Crippen LogP contribution is -2.44. The van der Waals surface area contributed by atoms with E-state index in [4.69, 9.17) is 9.84 Å².